The van der Waals surface area contributed by atoms with Crippen molar-refractivity contribution in [2.24, 2.45) is 5.41 Å². The van der Waals surface area contributed by atoms with E-state index < -0.39 is 22.3 Å². The Bertz CT molecular complexity index is 517. The van der Waals surface area contributed by atoms with Crippen LogP contribution in [0.2, 0.25) is 0 Å². The van der Waals surface area contributed by atoms with E-state index in [0.29, 0.717) is 13.0 Å². The molecule has 1 rings (SSSR count). The third-order valence-corrected chi connectivity index (χ3v) is 2.92. The molecule has 0 aromatic heterocycles. The number of rotatable bonds is 6. The molecule has 7 heteroatoms. The van der Waals surface area contributed by atoms with Gasteiger partial charge in [-0.3, -0.25) is 14.9 Å². The summed E-state index contributed by atoms with van der Waals surface area (Å²) >= 11 is 0. The Labute approximate surface area is 115 Å². The lowest BCUT2D eigenvalue weighted by Crippen LogP contribution is -2.34. The number of hydrogen-bond donors (Lipinski definition) is 2. The highest BCUT2D eigenvalue weighted by atomic mass is 19.1. The number of benzene rings is 1. The molecule has 0 spiro atoms. The van der Waals surface area contributed by atoms with Crippen LogP contribution < -0.4 is 5.32 Å². The fourth-order valence-electron chi connectivity index (χ4n) is 1.61. The zero-order valence-corrected chi connectivity index (χ0v) is 11.4. The second-order valence-corrected chi connectivity index (χ2v) is 5.24. The molecule has 0 fully saturated rings. The Morgan fingerprint density at radius 1 is 1.50 bits per heavy atom. The van der Waals surface area contributed by atoms with Crippen molar-refractivity contribution < 1.29 is 19.2 Å². The predicted octanol–water partition coefficient (Wildman–Crippen LogP) is 1.87. The average molecular weight is 284 g/mol. The van der Waals surface area contributed by atoms with Crippen molar-refractivity contribution in [2.75, 3.05) is 13.2 Å². The van der Waals surface area contributed by atoms with Crippen molar-refractivity contribution >= 4 is 11.6 Å². The summed E-state index contributed by atoms with van der Waals surface area (Å²) in [6, 6.07) is 2.99. The highest BCUT2D eigenvalue weighted by Crippen LogP contribution is 2.20. The Kier molecular flexibility index (Phi) is 5.15. The van der Waals surface area contributed by atoms with Gasteiger partial charge in [0, 0.05) is 24.8 Å². The van der Waals surface area contributed by atoms with Crippen molar-refractivity contribution in [2.45, 2.75) is 20.3 Å². The van der Waals surface area contributed by atoms with Crippen LogP contribution in [0.5, 0.6) is 0 Å². The molecule has 0 saturated heterocycles. The standard InChI is InChI=1S/C13H17FN2O4/c1-13(2,5-6-17)8-15-12(18)9-3-4-10(14)11(7-9)16(19)20/h3-4,7,17H,5-6,8H2,1-2H3,(H,15,18). The van der Waals surface area contributed by atoms with E-state index in [2.05, 4.69) is 5.32 Å². The number of nitrogens with zero attached hydrogens (tertiary/aromatic N) is 1. The second-order valence-electron chi connectivity index (χ2n) is 5.24. The van der Waals surface area contributed by atoms with E-state index in [1.165, 1.54) is 6.07 Å². The van der Waals surface area contributed by atoms with E-state index in [0.717, 1.165) is 12.1 Å². The lowest BCUT2D eigenvalue weighted by molar-refractivity contribution is -0.387. The maximum Gasteiger partial charge on any atom is 0.305 e. The average Bonchev–Trinajstić information content (AvgIpc) is 2.36. The molecule has 0 saturated carbocycles. The maximum absolute atomic E-state index is 13.2. The Morgan fingerprint density at radius 2 is 2.15 bits per heavy atom. The highest BCUT2D eigenvalue weighted by molar-refractivity contribution is 5.94. The van der Waals surface area contributed by atoms with Gasteiger partial charge in [0.15, 0.2) is 0 Å². The Morgan fingerprint density at radius 3 is 2.70 bits per heavy atom. The first-order chi connectivity index (χ1) is 9.26. The molecule has 0 bridgehead atoms. The lowest BCUT2D eigenvalue weighted by atomic mass is 9.89. The number of amides is 1. The van der Waals surface area contributed by atoms with Gasteiger partial charge < -0.3 is 10.4 Å². The van der Waals surface area contributed by atoms with Gasteiger partial charge in [0.2, 0.25) is 5.82 Å². The molecule has 1 aromatic carbocycles. The molecule has 1 aromatic rings. The quantitative estimate of drug-likeness (QED) is 0.616. The number of carbonyl (C=O) groups excluding carboxylic acids is 1. The van der Waals surface area contributed by atoms with Crippen LogP contribution in [0.4, 0.5) is 10.1 Å². The van der Waals surface area contributed by atoms with Crippen molar-refractivity contribution in [1.82, 2.24) is 5.32 Å². The van der Waals surface area contributed by atoms with Gasteiger partial charge in [-0.25, -0.2) is 0 Å². The first kappa shape index (κ1) is 16.0. The first-order valence-corrected chi connectivity index (χ1v) is 6.10. The van der Waals surface area contributed by atoms with Crippen LogP contribution >= 0.6 is 0 Å². The predicted molar refractivity (Wildman–Crippen MR) is 70.9 cm³/mol. The summed E-state index contributed by atoms with van der Waals surface area (Å²) in [5.74, 6) is -1.49. The molecule has 1 amide bonds. The normalized spacial score (nSPS) is 11.2. The summed E-state index contributed by atoms with van der Waals surface area (Å²) in [6.45, 7) is 4.05. The molecule has 0 heterocycles. The number of halogens is 1. The van der Waals surface area contributed by atoms with Crippen LogP contribution in [0.15, 0.2) is 18.2 Å². The van der Waals surface area contributed by atoms with Crippen molar-refractivity contribution in [1.29, 1.82) is 0 Å². The van der Waals surface area contributed by atoms with Gasteiger partial charge in [0.1, 0.15) is 0 Å². The molecule has 0 aliphatic rings. The second kappa shape index (κ2) is 6.42. The van der Waals surface area contributed by atoms with Gasteiger partial charge in [0.25, 0.3) is 5.91 Å². The number of aliphatic hydroxyl groups excluding tert-OH is 1. The highest BCUT2D eigenvalue weighted by Gasteiger charge is 2.21. The van der Waals surface area contributed by atoms with Crippen LogP contribution in [-0.4, -0.2) is 29.1 Å². The first-order valence-electron chi connectivity index (χ1n) is 6.10. The largest absolute Gasteiger partial charge is 0.396 e. The van der Waals surface area contributed by atoms with Crippen LogP contribution in [-0.2, 0) is 0 Å². The molecule has 0 radical (unpaired) electrons. The number of nitro benzene ring substituents is 1. The van der Waals surface area contributed by atoms with E-state index in [4.69, 9.17) is 5.11 Å². The molecule has 110 valence electrons. The topological polar surface area (TPSA) is 92.5 Å². The smallest absolute Gasteiger partial charge is 0.305 e. The summed E-state index contributed by atoms with van der Waals surface area (Å²) in [7, 11) is 0. The zero-order valence-electron chi connectivity index (χ0n) is 11.4. The molecule has 2 N–H and O–H groups in total. The van der Waals surface area contributed by atoms with Crippen LogP contribution in [0.3, 0.4) is 0 Å². The molecule has 6 nitrogen and oxygen atoms in total. The van der Waals surface area contributed by atoms with Gasteiger partial charge in [-0.2, -0.15) is 4.39 Å². The van der Waals surface area contributed by atoms with Gasteiger partial charge in [0.05, 0.1) is 4.92 Å². The van der Waals surface area contributed by atoms with Gasteiger partial charge in [-0.1, -0.05) is 13.8 Å². The lowest BCUT2D eigenvalue weighted by Gasteiger charge is -2.23. The number of nitro groups is 1. The van der Waals surface area contributed by atoms with E-state index in [-0.39, 0.29) is 17.6 Å². The summed E-state index contributed by atoms with van der Waals surface area (Å²) in [6.07, 6.45) is 0.511. The molecule has 20 heavy (non-hydrogen) atoms. The van der Waals surface area contributed by atoms with Crippen LogP contribution in [0.25, 0.3) is 0 Å². The summed E-state index contributed by atoms with van der Waals surface area (Å²) in [5, 5.41) is 22.1. The van der Waals surface area contributed by atoms with Gasteiger partial charge in [-0.05, 0) is 24.0 Å². The third-order valence-electron chi connectivity index (χ3n) is 2.92. The monoisotopic (exact) mass is 284 g/mol. The number of carbonyl (C=O) groups is 1. The molecular weight excluding hydrogens is 267 g/mol. The van der Waals surface area contributed by atoms with Crippen molar-refractivity contribution in [3.8, 4) is 0 Å². The fraction of sp³-hybridized carbons (Fsp3) is 0.462. The summed E-state index contributed by atoms with van der Waals surface area (Å²) < 4.78 is 13.2. The minimum Gasteiger partial charge on any atom is -0.396 e. The minimum atomic E-state index is -0.979. The van der Waals surface area contributed by atoms with Crippen LogP contribution in [0, 0.1) is 21.3 Å². The molecule has 0 atom stereocenters. The molecular formula is C13H17FN2O4. The van der Waals surface area contributed by atoms with Gasteiger partial charge >= 0.3 is 5.69 Å². The van der Waals surface area contributed by atoms with E-state index in [1.54, 1.807) is 0 Å². The van der Waals surface area contributed by atoms with Crippen molar-refractivity contribution in [3.63, 3.8) is 0 Å². The fourth-order valence-corrected chi connectivity index (χ4v) is 1.61. The summed E-state index contributed by atoms with van der Waals surface area (Å²) in [5.41, 5.74) is -0.999. The van der Waals surface area contributed by atoms with Gasteiger partial charge in [-0.15, -0.1) is 0 Å². The Hall–Kier alpha value is -2.02. The number of nitrogens with one attached hydrogen (secondary N) is 1. The van der Waals surface area contributed by atoms with Crippen LogP contribution in [0.1, 0.15) is 30.6 Å². The summed E-state index contributed by atoms with van der Waals surface area (Å²) in [4.78, 5) is 21.6. The van der Waals surface area contributed by atoms with E-state index in [1.807, 2.05) is 13.8 Å². The SMILES string of the molecule is CC(C)(CCO)CNC(=O)c1ccc(F)c([N+](=O)[O-])c1. The Balaban J connectivity index is 2.78. The van der Waals surface area contributed by atoms with E-state index in [9.17, 15) is 19.3 Å². The zero-order chi connectivity index (χ0) is 15.3. The van der Waals surface area contributed by atoms with Crippen molar-refractivity contribution in [3.05, 3.63) is 39.7 Å². The third kappa shape index (κ3) is 4.27. The molecule has 0 aliphatic carbocycles. The maximum atomic E-state index is 13.2. The number of aliphatic hydroxyl groups is 1. The molecule has 0 aliphatic heterocycles. The minimum absolute atomic E-state index is 0.00485. The number of hydrogen-bond acceptors (Lipinski definition) is 4. The molecule has 0 unspecified atom stereocenters. The van der Waals surface area contributed by atoms with E-state index >= 15 is 0 Å².